The Morgan fingerprint density at radius 2 is 1.91 bits per heavy atom. The fraction of sp³-hybridized carbons (Fsp3) is 0.429. The van der Waals surface area contributed by atoms with Gasteiger partial charge in [-0.2, -0.15) is 0 Å². The normalized spacial score (nSPS) is 15.6. The number of hydrogen-bond donors (Lipinski definition) is 3. The molecule has 1 aromatic rings. The molecule has 0 radical (unpaired) electrons. The van der Waals surface area contributed by atoms with Gasteiger partial charge in [-0.1, -0.05) is 6.08 Å². The number of nitro groups is 1. The molecule has 0 bridgehead atoms. The van der Waals surface area contributed by atoms with Gasteiger partial charge in [-0.05, 0) is 25.5 Å². The second-order valence-electron chi connectivity index (χ2n) is 5.15. The van der Waals surface area contributed by atoms with E-state index in [1.165, 1.54) is 13.0 Å². The van der Waals surface area contributed by atoms with Crippen molar-refractivity contribution in [3.05, 3.63) is 47.0 Å². The highest BCUT2D eigenvalue weighted by molar-refractivity contribution is 7.89. The van der Waals surface area contributed by atoms with Gasteiger partial charge in [-0.25, -0.2) is 13.1 Å². The maximum Gasteiger partial charge on any atom is 0.269 e. The van der Waals surface area contributed by atoms with Gasteiger partial charge < -0.3 is 10.2 Å². The number of nitrogens with one attached hydrogen (secondary N) is 1. The van der Waals surface area contributed by atoms with Gasteiger partial charge in [0, 0.05) is 24.6 Å². The summed E-state index contributed by atoms with van der Waals surface area (Å²) >= 11 is 0. The number of sulfonamides is 1. The maximum atomic E-state index is 12.1. The van der Waals surface area contributed by atoms with Crippen LogP contribution in [0.3, 0.4) is 0 Å². The first-order valence-electron chi connectivity index (χ1n) is 6.90. The number of rotatable bonds is 9. The van der Waals surface area contributed by atoms with Gasteiger partial charge in [0.25, 0.3) is 5.69 Å². The van der Waals surface area contributed by atoms with E-state index in [1.54, 1.807) is 0 Å². The lowest BCUT2D eigenvalue weighted by atomic mass is 9.98. The second-order valence-corrected chi connectivity index (χ2v) is 6.92. The van der Waals surface area contributed by atoms with E-state index < -0.39 is 33.1 Å². The van der Waals surface area contributed by atoms with Crippen LogP contribution in [0.25, 0.3) is 0 Å². The monoisotopic (exact) mass is 344 g/mol. The van der Waals surface area contributed by atoms with Gasteiger partial charge in [0.05, 0.1) is 22.0 Å². The van der Waals surface area contributed by atoms with Crippen molar-refractivity contribution in [3.8, 4) is 0 Å². The van der Waals surface area contributed by atoms with Crippen LogP contribution in [0.1, 0.15) is 13.3 Å². The number of benzene rings is 1. The number of hydrogen-bond acceptors (Lipinski definition) is 6. The van der Waals surface area contributed by atoms with Crippen molar-refractivity contribution in [2.24, 2.45) is 5.92 Å². The average molecular weight is 344 g/mol. The van der Waals surface area contributed by atoms with Crippen LogP contribution in [-0.2, 0) is 10.0 Å². The lowest BCUT2D eigenvalue weighted by Gasteiger charge is -2.21. The molecule has 0 spiro atoms. The van der Waals surface area contributed by atoms with Crippen molar-refractivity contribution < 1.29 is 23.6 Å². The molecule has 8 nitrogen and oxygen atoms in total. The summed E-state index contributed by atoms with van der Waals surface area (Å²) in [6.45, 7) is 4.96. The zero-order chi connectivity index (χ0) is 17.6. The summed E-state index contributed by atoms with van der Waals surface area (Å²) < 4.78 is 26.6. The highest BCUT2D eigenvalue weighted by Gasteiger charge is 2.22. The third-order valence-electron chi connectivity index (χ3n) is 3.25. The van der Waals surface area contributed by atoms with E-state index >= 15 is 0 Å². The average Bonchev–Trinajstić information content (AvgIpc) is 2.47. The lowest BCUT2D eigenvalue weighted by Crippen LogP contribution is -2.35. The Morgan fingerprint density at radius 3 is 2.35 bits per heavy atom. The molecular weight excluding hydrogens is 324 g/mol. The third kappa shape index (κ3) is 5.71. The summed E-state index contributed by atoms with van der Waals surface area (Å²) in [6, 6.07) is 4.47. The van der Waals surface area contributed by atoms with Crippen LogP contribution in [0.2, 0.25) is 0 Å². The molecule has 3 atom stereocenters. The molecular formula is C14H20N2O6S. The zero-order valence-electron chi connectivity index (χ0n) is 12.6. The van der Waals surface area contributed by atoms with Crippen LogP contribution in [0.4, 0.5) is 5.69 Å². The first-order valence-corrected chi connectivity index (χ1v) is 8.38. The Bertz CT molecular complexity index is 642. The van der Waals surface area contributed by atoms with Crippen molar-refractivity contribution in [2.75, 3.05) is 6.54 Å². The fourth-order valence-corrected chi connectivity index (χ4v) is 3.01. The number of nitro benzene ring substituents is 1. The maximum absolute atomic E-state index is 12.1. The van der Waals surface area contributed by atoms with Crippen molar-refractivity contribution in [1.82, 2.24) is 4.72 Å². The molecule has 1 rings (SSSR count). The van der Waals surface area contributed by atoms with Gasteiger partial charge >= 0.3 is 0 Å². The molecule has 3 N–H and O–H groups in total. The van der Waals surface area contributed by atoms with Crippen LogP contribution in [-0.4, -0.2) is 42.3 Å². The Labute approximate surface area is 134 Å². The van der Waals surface area contributed by atoms with Gasteiger partial charge in [0.1, 0.15) is 0 Å². The van der Waals surface area contributed by atoms with Crippen LogP contribution in [0.15, 0.2) is 41.8 Å². The molecule has 9 heteroatoms. The van der Waals surface area contributed by atoms with Gasteiger partial charge in [-0.15, -0.1) is 6.58 Å². The van der Waals surface area contributed by atoms with Gasteiger partial charge in [0.15, 0.2) is 0 Å². The standard InChI is InChI=1S/C14H20N2O6S/c1-3-11(14(18)8-10(2)17)9-15-23(21,22)13-6-4-12(5-7-13)16(19)20/h3-7,10-11,14-15,17-18H,1,8-9H2,2H3/t10-,11-,14-/m0/s1. The second kappa shape index (κ2) is 8.16. The highest BCUT2D eigenvalue weighted by Crippen LogP contribution is 2.17. The van der Waals surface area contributed by atoms with Gasteiger partial charge in [-0.3, -0.25) is 10.1 Å². The van der Waals surface area contributed by atoms with E-state index in [-0.39, 0.29) is 23.5 Å². The summed E-state index contributed by atoms with van der Waals surface area (Å²) in [7, 11) is -3.86. The number of aliphatic hydroxyl groups excluding tert-OH is 2. The summed E-state index contributed by atoms with van der Waals surface area (Å²) in [5.74, 6) is -0.572. The Morgan fingerprint density at radius 1 is 1.35 bits per heavy atom. The van der Waals surface area contributed by atoms with Crippen molar-refractivity contribution >= 4 is 15.7 Å². The first-order chi connectivity index (χ1) is 10.7. The first kappa shape index (κ1) is 19.2. The molecule has 0 saturated carbocycles. The zero-order valence-corrected chi connectivity index (χ0v) is 13.4. The van der Waals surface area contributed by atoms with Crippen molar-refractivity contribution in [3.63, 3.8) is 0 Å². The molecule has 1 aromatic carbocycles. The Kier molecular flexibility index (Phi) is 6.82. The fourth-order valence-electron chi connectivity index (χ4n) is 1.94. The summed E-state index contributed by atoms with van der Waals surface area (Å²) in [5, 5.41) is 29.7. The predicted octanol–water partition coefficient (Wildman–Crippen LogP) is 0.807. The van der Waals surface area contributed by atoms with E-state index in [2.05, 4.69) is 11.3 Å². The largest absolute Gasteiger partial charge is 0.393 e. The third-order valence-corrected chi connectivity index (χ3v) is 4.69. The van der Waals surface area contributed by atoms with E-state index in [1.807, 2.05) is 0 Å². The topological polar surface area (TPSA) is 130 Å². The number of non-ortho nitro benzene ring substituents is 1. The Hall–Kier alpha value is -1.81. The van der Waals surface area contributed by atoms with Crippen molar-refractivity contribution in [2.45, 2.75) is 30.4 Å². The lowest BCUT2D eigenvalue weighted by molar-refractivity contribution is -0.384. The quantitative estimate of drug-likeness (QED) is 0.345. The molecule has 0 fully saturated rings. The smallest absolute Gasteiger partial charge is 0.269 e. The molecule has 0 aliphatic heterocycles. The van der Waals surface area contributed by atoms with Crippen LogP contribution in [0.5, 0.6) is 0 Å². The molecule has 128 valence electrons. The van der Waals surface area contributed by atoms with E-state index in [0.717, 1.165) is 24.3 Å². The van der Waals surface area contributed by atoms with Crippen LogP contribution >= 0.6 is 0 Å². The summed E-state index contributed by atoms with van der Waals surface area (Å²) in [4.78, 5) is 9.82. The minimum atomic E-state index is -3.86. The summed E-state index contributed by atoms with van der Waals surface area (Å²) in [6.07, 6.45) is -0.160. The van der Waals surface area contributed by atoms with E-state index in [0.29, 0.717) is 0 Å². The van der Waals surface area contributed by atoms with Crippen molar-refractivity contribution in [1.29, 1.82) is 0 Å². The van der Waals surface area contributed by atoms with Crippen LogP contribution in [0, 0.1) is 16.0 Å². The minimum Gasteiger partial charge on any atom is -0.393 e. The summed E-state index contributed by atoms with van der Waals surface area (Å²) in [5.41, 5.74) is -0.208. The minimum absolute atomic E-state index is 0.0932. The molecule has 0 aliphatic rings. The SMILES string of the molecule is C=C[C@@H](CNS(=O)(=O)c1ccc([N+](=O)[O-])cc1)[C@@H](O)C[C@H](C)O. The molecule has 0 heterocycles. The van der Waals surface area contributed by atoms with E-state index in [9.17, 15) is 28.7 Å². The molecule has 0 unspecified atom stereocenters. The van der Waals surface area contributed by atoms with Gasteiger partial charge in [0.2, 0.25) is 10.0 Å². The molecule has 0 aliphatic carbocycles. The molecule has 0 amide bonds. The highest BCUT2D eigenvalue weighted by atomic mass is 32.2. The predicted molar refractivity (Wildman–Crippen MR) is 84.3 cm³/mol. The molecule has 0 aromatic heterocycles. The number of aliphatic hydroxyl groups is 2. The number of nitrogens with zero attached hydrogens (tertiary/aromatic N) is 1. The molecule has 0 saturated heterocycles. The van der Waals surface area contributed by atoms with E-state index in [4.69, 9.17) is 0 Å². The Balaban J connectivity index is 2.77. The molecule has 23 heavy (non-hydrogen) atoms. The van der Waals surface area contributed by atoms with Crippen LogP contribution < -0.4 is 4.72 Å².